The van der Waals surface area contributed by atoms with Gasteiger partial charge in [-0.1, -0.05) is 29.8 Å². The van der Waals surface area contributed by atoms with Crippen LogP contribution in [0.2, 0.25) is 0 Å². The van der Waals surface area contributed by atoms with Gasteiger partial charge in [-0.05, 0) is 38.7 Å². The van der Waals surface area contributed by atoms with Crippen LogP contribution < -0.4 is 0 Å². The van der Waals surface area contributed by atoms with Gasteiger partial charge in [-0.3, -0.25) is 0 Å². The Bertz CT molecular complexity index is 313. The number of hydrogen-bond donors (Lipinski definition) is 0. The molecule has 76 valence electrons. The lowest BCUT2D eigenvalue weighted by Crippen LogP contribution is -2.40. The lowest BCUT2D eigenvalue weighted by Gasteiger charge is -2.38. The Morgan fingerprint density at radius 3 is 2.79 bits per heavy atom. The van der Waals surface area contributed by atoms with E-state index in [4.69, 9.17) is 4.74 Å². The lowest BCUT2D eigenvalue weighted by atomic mass is 9.90. The van der Waals surface area contributed by atoms with Crippen molar-refractivity contribution in [1.29, 1.82) is 0 Å². The molecule has 2 rings (SSSR count). The first-order valence-corrected chi connectivity index (χ1v) is 5.37. The van der Waals surface area contributed by atoms with Crippen molar-refractivity contribution in [2.45, 2.75) is 38.7 Å². The van der Waals surface area contributed by atoms with Gasteiger partial charge in [-0.2, -0.15) is 0 Å². The van der Waals surface area contributed by atoms with Gasteiger partial charge >= 0.3 is 0 Å². The molecule has 1 fully saturated rings. The van der Waals surface area contributed by atoms with Gasteiger partial charge in [-0.15, -0.1) is 0 Å². The first-order valence-electron chi connectivity index (χ1n) is 5.37. The van der Waals surface area contributed by atoms with Crippen molar-refractivity contribution in [2.24, 2.45) is 0 Å². The van der Waals surface area contributed by atoms with Gasteiger partial charge in [-0.25, -0.2) is 0 Å². The number of hydrogen-bond acceptors (Lipinski definition) is 1. The maximum absolute atomic E-state index is 5.57. The quantitative estimate of drug-likeness (QED) is 0.711. The molecule has 1 nitrogen and oxygen atoms in total. The van der Waals surface area contributed by atoms with Crippen molar-refractivity contribution < 1.29 is 4.74 Å². The molecule has 0 spiro atoms. The summed E-state index contributed by atoms with van der Waals surface area (Å²) in [6.07, 6.45) is 3.51. The van der Waals surface area contributed by atoms with Crippen LogP contribution in [0.5, 0.6) is 0 Å². The third-order valence-corrected chi connectivity index (χ3v) is 3.11. The minimum absolute atomic E-state index is 0.170. The SMILES string of the molecule is Cc1cccc(CCC2(C)CCO2)c1. The predicted octanol–water partition coefficient (Wildman–Crippen LogP) is 3.11. The molecule has 1 aliphatic heterocycles. The van der Waals surface area contributed by atoms with E-state index in [0.29, 0.717) is 0 Å². The maximum Gasteiger partial charge on any atom is 0.0679 e. The zero-order valence-electron chi connectivity index (χ0n) is 9.05. The Morgan fingerprint density at radius 1 is 1.43 bits per heavy atom. The van der Waals surface area contributed by atoms with Gasteiger partial charge in [0.05, 0.1) is 12.2 Å². The van der Waals surface area contributed by atoms with E-state index in [-0.39, 0.29) is 5.60 Å². The van der Waals surface area contributed by atoms with E-state index in [1.54, 1.807) is 0 Å². The van der Waals surface area contributed by atoms with Gasteiger partial charge in [0.2, 0.25) is 0 Å². The summed E-state index contributed by atoms with van der Waals surface area (Å²) in [4.78, 5) is 0. The van der Waals surface area contributed by atoms with Crippen LogP contribution in [-0.2, 0) is 11.2 Å². The van der Waals surface area contributed by atoms with Gasteiger partial charge in [0, 0.05) is 0 Å². The molecule has 1 aromatic carbocycles. The highest BCUT2D eigenvalue weighted by atomic mass is 16.5. The summed E-state index contributed by atoms with van der Waals surface area (Å²) in [5, 5.41) is 0. The van der Waals surface area contributed by atoms with E-state index < -0.39 is 0 Å². The van der Waals surface area contributed by atoms with Crippen LogP contribution >= 0.6 is 0 Å². The minimum Gasteiger partial charge on any atom is -0.375 e. The average molecular weight is 190 g/mol. The van der Waals surface area contributed by atoms with Crippen molar-refractivity contribution in [2.75, 3.05) is 6.61 Å². The summed E-state index contributed by atoms with van der Waals surface area (Å²) in [5.74, 6) is 0. The van der Waals surface area contributed by atoms with Gasteiger partial charge in [0.15, 0.2) is 0 Å². The molecule has 0 amide bonds. The number of benzene rings is 1. The lowest BCUT2D eigenvalue weighted by molar-refractivity contribution is -0.137. The topological polar surface area (TPSA) is 9.23 Å². The summed E-state index contributed by atoms with van der Waals surface area (Å²) in [7, 11) is 0. The highest BCUT2D eigenvalue weighted by Crippen LogP contribution is 2.30. The summed E-state index contributed by atoms with van der Waals surface area (Å²) < 4.78 is 5.57. The predicted molar refractivity (Wildman–Crippen MR) is 58.5 cm³/mol. The van der Waals surface area contributed by atoms with Crippen LogP contribution in [0.15, 0.2) is 24.3 Å². The van der Waals surface area contributed by atoms with Gasteiger partial charge in [0.1, 0.15) is 0 Å². The van der Waals surface area contributed by atoms with E-state index in [0.717, 1.165) is 19.4 Å². The standard InChI is InChI=1S/C13H18O/c1-11-4-3-5-12(10-11)6-7-13(2)8-9-14-13/h3-5,10H,6-9H2,1-2H3. The summed E-state index contributed by atoms with van der Waals surface area (Å²) in [6, 6.07) is 8.75. The molecule has 1 aliphatic rings. The van der Waals surface area contributed by atoms with Crippen LogP contribution in [0.4, 0.5) is 0 Å². The second-order valence-electron chi connectivity index (χ2n) is 4.54. The second kappa shape index (κ2) is 3.74. The molecule has 0 aromatic heterocycles. The van der Waals surface area contributed by atoms with E-state index in [1.165, 1.54) is 17.5 Å². The molecule has 0 aliphatic carbocycles. The first kappa shape index (κ1) is 9.72. The molecule has 0 N–H and O–H groups in total. The Labute approximate surface area is 86.1 Å². The number of rotatable bonds is 3. The molecule has 1 aromatic rings. The Morgan fingerprint density at radius 2 is 2.21 bits per heavy atom. The molecule has 14 heavy (non-hydrogen) atoms. The molecule has 1 heteroatoms. The molecule has 1 saturated heterocycles. The maximum atomic E-state index is 5.57. The van der Waals surface area contributed by atoms with Crippen molar-refractivity contribution in [1.82, 2.24) is 0 Å². The van der Waals surface area contributed by atoms with Crippen molar-refractivity contribution in [3.8, 4) is 0 Å². The second-order valence-corrected chi connectivity index (χ2v) is 4.54. The van der Waals surface area contributed by atoms with Crippen LogP contribution in [0.1, 0.15) is 30.9 Å². The van der Waals surface area contributed by atoms with E-state index in [2.05, 4.69) is 38.1 Å². The molecule has 1 atom stereocenters. The van der Waals surface area contributed by atoms with Crippen LogP contribution in [0.25, 0.3) is 0 Å². The van der Waals surface area contributed by atoms with Gasteiger partial charge < -0.3 is 4.74 Å². The fourth-order valence-corrected chi connectivity index (χ4v) is 1.92. The van der Waals surface area contributed by atoms with E-state index in [9.17, 15) is 0 Å². The largest absolute Gasteiger partial charge is 0.375 e. The van der Waals surface area contributed by atoms with Gasteiger partial charge in [0.25, 0.3) is 0 Å². The van der Waals surface area contributed by atoms with Crippen LogP contribution in [-0.4, -0.2) is 12.2 Å². The molecular weight excluding hydrogens is 172 g/mol. The fraction of sp³-hybridized carbons (Fsp3) is 0.538. The summed E-state index contributed by atoms with van der Waals surface area (Å²) in [5.41, 5.74) is 2.95. The van der Waals surface area contributed by atoms with Crippen molar-refractivity contribution in [3.63, 3.8) is 0 Å². The molecule has 0 bridgehead atoms. The van der Waals surface area contributed by atoms with E-state index in [1.807, 2.05) is 0 Å². The smallest absolute Gasteiger partial charge is 0.0679 e. The third-order valence-electron chi connectivity index (χ3n) is 3.11. The number of aryl methyl sites for hydroxylation is 2. The van der Waals surface area contributed by atoms with Crippen LogP contribution in [0, 0.1) is 6.92 Å². The molecule has 0 radical (unpaired) electrons. The monoisotopic (exact) mass is 190 g/mol. The molecular formula is C13H18O. The zero-order chi connectivity index (χ0) is 10.0. The van der Waals surface area contributed by atoms with Crippen LogP contribution in [0.3, 0.4) is 0 Å². The average Bonchev–Trinajstić information content (AvgIpc) is 2.12. The summed E-state index contributed by atoms with van der Waals surface area (Å²) >= 11 is 0. The first-order chi connectivity index (χ1) is 6.68. The van der Waals surface area contributed by atoms with Crippen molar-refractivity contribution in [3.05, 3.63) is 35.4 Å². The molecule has 0 saturated carbocycles. The Hall–Kier alpha value is -0.820. The third kappa shape index (κ3) is 2.16. The Kier molecular flexibility index (Phi) is 2.60. The zero-order valence-corrected chi connectivity index (χ0v) is 9.05. The summed E-state index contributed by atoms with van der Waals surface area (Å²) in [6.45, 7) is 5.31. The number of ether oxygens (including phenoxy) is 1. The highest BCUT2D eigenvalue weighted by molar-refractivity contribution is 5.22. The van der Waals surface area contributed by atoms with Crippen molar-refractivity contribution >= 4 is 0 Å². The van der Waals surface area contributed by atoms with E-state index >= 15 is 0 Å². The molecule has 1 unspecified atom stereocenters. The highest BCUT2D eigenvalue weighted by Gasteiger charge is 2.32. The Balaban J connectivity index is 1.91. The molecule has 1 heterocycles. The fourth-order valence-electron chi connectivity index (χ4n) is 1.92. The minimum atomic E-state index is 0.170. The normalized spacial score (nSPS) is 25.9.